The van der Waals surface area contributed by atoms with E-state index in [0.29, 0.717) is 16.5 Å². The number of hydrogen-bond donors (Lipinski definition) is 0. The molecule has 1 atom stereocenters. The highest BCUT2D eigenvalue weighted by atomic mass is 35.5. The average Bonchev–Trinajstić information content (AvgIpc) is 2.68. The highest BCUT2D eigenvalue weighted by molar-refractivity contribution is 6.39. The summed E-state index contributed by atoms with van der Waals surface area (Å²) >= 11 is 12.2. The molecule has 0 bridgehead atoms. The summed E-state index contributed by atoms with van der Waals surface area (Å²) in [6.45, 7) is 3.05. The van der Waals surface area contributed by atoms with E-state index >= 15 is 0 Å². The highest BCUT2D eigenvalue weighted by Gasteiger charge is 2.31. The van der Waals surface area contributed by atoms with Crippen LogP contribution in [0.25, 0.3) is 0 Å². The van der Waals surface area contributed by atoms with Gasteiger partial charge in [0.15, 0.2) is 17.3 Å². The first-order valence-electron chi connectivity index (χ1n) is 8.18. The van der Waals surface area contributed by atoms with E-state index < -0.39 is 17.7 Å². The fraction of sp³-hybridized carbons (Fsp3) is 0.263. The molecule has 2 aromatic carbocycles. The molecule has 148 valence electrons. The summed E-state index contributed by atoms with van der Waals surface area (Å²) in [6, 6.07) is 8.42. The molecule has 1 unspecified atom stereocenters. The number of ether oxygens (including phenoxy) is 2. The number of hydrogen-bond acceptors (Lipinski definition) is 6. The van der Waals surface area contributed by atoms with Crippen molar-refractivity contribution in [2.24, 2.45) is 10.2 Å². The van der Waals surface area contributed by atoms with Crippen LogP contribution in [0, 0.1) is 6.92 Å². The summed E-state index contributed by atoms with van der Waals surface area (Å²) in [5, 5.41) is 8.46. The quantitative estimate of drug-likeness (QED) is 0.360. The lowest BCUT2D eigenvalue weighted by atomic mass is 10.2. The zero-order valence-corrected chi connectivity index (χ0v) is 17.3. The lowest BCUT2D eigenvalue weighted by molar-refractivity contribution is -0.126. The number of aryl methyl sites for hydroxylation is 1. The number of benzene rings is 2. The summed E-state index contributed by atoms with van der Waals surface area (Å²) < 4.78 is 11.3. The monoisotopic (exact) mass is 423 g/mol. The Bertz CT molecular complexity index is 918. The molecule has 0 radical (unpaired) electrons. The highest BCUT2D eigenvalue weighted by Crippen LogP contribution is 2.38. The van der Waals surface area contributed by atoms with Crippen molar-refractivity contribution in [3.8, 4) is 11.5 Å². The lowest BCUT2D eigenvalue weighted by Crippen LogP contribution is -2.36. The number of halogens is 2. The van der Waals surface area contributed by atoms with Gasteiger partial charge < -0.3 is 9.47 Å². The van der Waals surface area contributed by atoms with Crippen LogP contribution < -0.4 is 13.9 Å². The number of para-hydroxylation sites is 1. The van der Waals surface area contributed by atoms with Gasteiger partial charge >= 0.3 is 0 Å². The molecule has 7 nitrogen and oxygen atoms in total. The van der Waals surface area contributed by atoms with Gasteiger partial charge in [-0.05, 0) is 49.7 Å². The van der Waals surface area contributed by atoms with Crippen molar-refractivity contribution in [1.82, 2.24) is 0 Å². The Morgan fingerprint density at radius 1 is 1.14 bits per heavy atom. The van der Waals surface area contributed by atoms with E-state index in [2.05, 4.69) is 10.2 Å². The van der Waals surface area contributed by atoms with E-state index in [4.69, 9.17) is 32.9 Å². The average molecular weight is 424 g/mol. The zero-order chi connectivity index (χ0) is 20.8. The summed E-state index contributed by atoms with van der Waals surface area (Å²) in [7, 11) is 2.88. The minimum atomic E-state index is -1.41. The van der Waals surface area contributed by atoms with Gasteiger partial charge in [-0.2, -0.15) is 10.2 Å². The maximum atomic E-state index is 12.8. The van der Waals surface area contributed by atoms with Crippen LogP contribution in [0.2, 0.25) is 5.02 Å². The summed E-state index contributed by atoms with van der Waals surface area (Å²) in [6.07, 6.45) is 0. The minimum absolute atomic E-state index is 0.220. The Hall–Kier alpha value is -2.64. The Morgan fingerprint density at radius 3 is 2.43 bits per heavy atom. The predicted octanol–water partition coefficient (Wildman–Crippen LogP) is 4.89. The lowest BCUT2D eigenvalue weighted by Gasteiger charge is -2.20. The molecule has 0 aromatic heterocycles. The van der Waals surface area contributed by atoms with Crippen molar-refractivity contribution in [2.75, 3.05) is 18.6 Å². The molecule has 0 aliphatic carbocycles. The molecule has 0 saturated carbocycles. The van der Waals surface area contributed by atoms with Crippen LogP contribution in [-0.4, -0.2) is 32.0 Å². The van der Waals surface area contributed by atoms with Crippen LogP contribution in [0.1, 0.15) is 12.5 Å². The van der Waals surface area contributed by atoms with Crippen LogP contribution in [0.5, 0.6) is 11.5 Å². The van der Waals surface area contributed by atoms with Gasteiger partial charge in [0.25, 0.3) is 5.91 Å². The Kier molecular flexibility index (Phi) is 7.37. The van der Waals surface area contributed by atoms with Gasteiger partial charge in [0, 0.05) is 16.8 Å². The molecule has 0 aliphatic rings. The van der Waals surface area contributed by atoms with E-state index in [1.165, 1.54) is 21.1 Å². The topological polar surface area (TPSA) is 80.6 Å². The number of rotatable bonds is 7. The third-order valence-electron chi connectivity index (χ3n) is 3.84. The van der Waals surface area contributed by atoms with Crippen molar-refractivity contribution in [1.29, 1.82) is 0 Å². The molecule has 0 spiro atoms. The van der Waals surface area contributed by atoms with Gasteiger partial charge in [0.1, 0.15) is 5.69 Å². The molecule has 0 fully saturated rings. The fourth-order valence-electron chi connectivity index (χ4n) is 2.37. The number of Topliss-reactive ketones (excluding diaryl/α,β-unsaturated/α-hetero) is 1. The van der Waals surface area contributed by atoms with Crippen molar-refractivity contribution in [3.05, 3.63) is 47.0 Å². The number of anilines is 1. The predicted molar refractivity (Wildman–Crippen MR) is 108 cm³/mol. The molecule has 1 amide bonds. The first-order chi connectivity index (χ1) is 13.3. The largest absolute Gasteiger partial charge is 0.493 e. The third kappa shape index (κ3) is 4.79. The van der Waals surface area contributed by atoms with Crippen LogP contribution in [0.4, 0.5) is 11.4 Å². The van der Waals surface area contributed by atoms with Gasteiger partial charge in [0.2, 0.25) is 6.04 Å². The molecular formula is C19H19Cl2N3O4. The smallest absolute Gasteiger partial charge is 0.276 e. The Labute approximate surface area is 173 Å². The number of azo groups is 1. The number of methoxy groups -OCH3 is 2. The van der Waals surface area contributed by atoms with Crippen LogP contribution in [0.15, 0.2) is 46.6 Å². The SMILES string of the molecule is COc1cccc(N(Cl)C(=O)C(N=Nc2ccc(Cl)c(C)c2)C(C)=O)c1OC. The third-order valence-corrected chi connectivity index (χ3v) is 4.61. The van der Waals surface area contributed by atoms with Crippen molar-refractivity contribution >= 4 is 46.4 Å². The second-order valence-electron chi connectivity index (χ2n) is 5.79. The van der Waals surface area contributed by atoms with E-state index in [-0.39, 0.29) is 11.4 Å². The van der Waals surface area contributed by atoms with Crippen LogP contribution in [-0.2, 0) is 9.59 Å². The van der Waals surface area contributed by atoms with Crippen molar-refractivity contribution < 1.29 is 19.1 Å². The number of nitrogens with zero attached hydrogens (tertiary/aromatic N) is 3. The molecule has 2 aromatic rings. The second-order valence-corrected chi connectivity index (χ2v) is 6.54. The first kappa shape index (κ1) is 21.7. The normalized spacial score (nSPS) is 11.9. The number of ketones is 1. The van der Waals surface area contributed by atoms with E-state index in [1.54, 1.807) is 36.4 Å². The van der Waals surface area contributed by atoms with Gasteiger partial charge in [0.05, 0.1) is 19.9 Å². The van der Waals surface area contributed by atoms with Gasteiger partial charge in [-0.25, -0.2) is 4.42 Å². The molecule has 2 rings (SSSR count). The zero-order valence-electron chi connectivity index (χ0n) is 15.8. The van der Waals surface area contributed by atoms with E-state index in [1.807, 2.05) is 6.92 Å². The molecule has 9 heteroatoms. The number of carbonyl (C=O) groups excluding carboxylic acids is 2. The summed E-state index contributed by atoms with van der Waals surface area (Å²) in [4.78, 5) is 24.8. The Morgan fingerprint density at radius 2 is 1.86 bits per heavy atom. The van der Waals surface area contributed by atoms with E-state index in [0.717, 1.165) is 9.98 Å². The summed E-state index contributed by atoms with van der Waals surface area (Å²) in [5.74, 6) is -0.640. The van der Waals surface area contributed by atoms with Gasteiger partial charge in [-0.1, -0.05) is 17.7 Å². The van der Waals surface area contributed by atoms with E-state index in [9.17, 15) is 9.59 Å². The van der Waals surface area contributed by atoms with Crippen LogP contribution in [0.3, 0.4) is 0 Å². The number of carbonyl (C=O) groups is 2. The fourth-order valence-corrected chi connectivity index (χ4v) is 2.71. The Balaban J connectivity index is 2.33. The maximum absolute atomic E-state index is 12.8. The standard InChI is InChI=1S/C19H19Cl2N3O4/c1-11-10-13(8-9-14(11)20)22-23-17(12(2)25)19(26)24(21)15-6-5-7-16(27-3)18(15)28-4/h5-10,17H,1-4H3. The first-order valence-corrected chi connectivity index (χ1v) is 8.90. The molecule has 0 heterocycles. The van der Waals surface area contributed by atoms with Gasteiger partial charge in [-0.15, -0.1) is 0 Å². The molecule has 28 heavy (non-hydrogen) atoms. The molecule has 0 N–H and O–H groups in total. The van der Waals surface area contributed by atoms with Gasteiger partial charge in [-0.3, -0.25) is 9.59 Å². The van der Waals surface area contributed by atoms with Crippen molar-refractivity contribution in [3.63, 3.8) is 0 Å². The molecular weight excluding hydrogens is 405 g/mol. The van der Waals surface area contributed by atoms with Crippen molar-refractivity contribution in [2.45, 2.75) is 19.9 Å². The molecule has 0 aliphatic heterocycles. The van der Waals surface area contributed by atoms with Crippen LogP contribution >= 0.6 is 23.4 Å². The number of amides is 1. The minimum Gasteiger partial charge on any atom is -0.493 e. The maximum Gasteiger partial charge on any atom is 0.276 e. The second kappa shape index (κ2) is 9.52. The summed E-state index contributed by atoms with van der Waals surface area (Å²) in [5.41, 5.74) is 1.47. The molecule has 0 saturated heterocycles.